The van der Waals surface area contributed by atoms with E-state index in [4.69, 9.17) is 4.74 Å². The predicted molar refractivity (Wildman–Crippen MR) is 107 cm³/mol. The van der Waals surface area contributed by atoms with Gasteiger partial charge in [-0.2, -0.15) is 0 Å². The standard InChI is InChI=1S/C21H23N3O4/c1-2-28-18-11-9-17(10-12-18)22-19(25)14-15-21(27)24-23-20(26)13-8-16-6-4-3-5-7-16/h3-13H,2,14-15H2,1H3,(H,22,25)(H,23,26)(H,24,27). The molecule has 0 aliphatic carbocycles. The van der Waals surface area contributed by atoms with Crippen LogP contribution < -0.4 is 20.9 Å². The molecule has 0 saturated carbocycles. The number of ether oxygens (including phenoxy) is 1. The Hall–Kier alpha value is -3.61. The first-order valence-electron chi connectivity index (χ1n) is 8.91. The highest BCUT2D eigenvalue weighted by molar-refractivity contribution is 5.95. The second-order valence-corrected chi connectivity index (χ2v) is 5.79. The molecule has 2 aromatic rings. The number of hydrogen-bond donors (Lipinski definition) is 3. The monoisotopic (exact) mass is 381 g/mol. The number of amides is 3. The van der Waals surface area contributed by atoms with E-state index in [1.54, 1.807) is 30.3 Å². The van der Waals surface area contributed by atoms with Crippen molar-refractivity contribution >= 4 is 29.5 Å². The average molecular weight is 381 g/mol. The molecular formula is C21H23N3O4. The quantitative estimate of drug-likeness (QED) is 0.484. The van der Waals surface area contributed by atoms with Crippen molar-refractivity contribution < 1.29 is 19.1 Å². The fourth-order valence-electron chi connectivity index (χ4n) is 2.22. The van der Waals surface area contributed by atoms with E-state index >= 15 is 0 Å². The molecule has 2 rings (SSSR count). The molecule has 0 radical (unpaired) electrons. The highest BCUT2D eigenvalue weighted by Crippen LogP contribution is 2.15. The fourth-order valence-corrected chi connectivity index (χ4v) is 2.22. The Morgan fingerprint density at radius 3 is 2.25 bits per heavy atom. The molecule has 0 unspecified atom stereocenters. The van der Waals surface area contributed by atoms with E-state index in [-0.39, 0.29) is 18.7 Å². The molecule has 0 aliphatic heterocycles. The topological polar surface area (TPSA) is 96.5 Å². The van der Waals surface area contributed by atoms with Crippen molar-refractivity contribution in [3.05, 3.63) is 66.2 Å². The zero-order valence-corrected chi connectivity index (χ0v) is 15.6. The van der Waals surface area contributed by atoms with Crippen molar-refractivity contribution in [3.8, 4) is 5.75 Å². The van der Waals surface area contributed by atoms with Gasteiger partial charge in [0.05, 0.1) is 6.61 Å². The van der Waals surface area contributed by atoms with Crippen LogP contribution in [0.25, 0.3) is 6.08 Å². The highest BCUT2D eigenvalue weighted by atomic mass is 16.5. The maximum atomic E-state index is 11.9. The fraction of sp³-hybridized carbons (Fsp3) is 0.190. The number of anilines is 1. The number of nitrogens with one attached hydrogen (secondary N) is 3. The molecular weight excluding hydrogens is 358 g/mol. The molecule has 0 atom stereocenters. The van der Waals surface area contributed by atoms with Gasteiger partial charge in [-0.25, -0.2) is 0 Å². The predicted octanol–water partition coefficient (Wildman–Crippen LogP) is 2.66. The van der Waals surface area contributed by atoms with E-state index in [2.05, 4.69) is 16.2 Å². The first-order chi connectivity index (χ1) is 13.6. The van der Waals surface area contributed by atoms with Gasteiger partial charge >= 0.3 is 0 Å². The van der Waals surface area contributed by atoms with E-state index in [0.29, 0.717) is 12.3 Å². The van der Waals surface area contributed by atoms with Gasteiger partial charge in [0, 0.05) is 24.6 Å². The Labute approximate surface area is 163 Å². The molecule has 0 fully saturated rings. The summed E-state index contributed by atoms with van der Waals surface area (Å²) in [5.41, 5.74) is 6.04. The molecule has 0 saturated heterocycles. The Morgan fingerprint density at radius 1 is 0.893 bits per heavy atom. The van der Waals surface area contributed by atoms with Crippen LogP contribution in [0.4, 0.5) is 5.69 Å². The summed E-state index contributed by atoms with van der Waals surface area (Å²) in [7, 11) is 0. The Morgan fingerprint density at radius 2 is 1.57 bits per heavy atom. The number of hydrazine groups is 1. The molecule has 2 aromatic carbocycles. The van der Waals surface area contributed by atoms with Crippen molar-refractivity contribution in [3.63, 3.8) is 0 Å². The van der Waals surface area contributed by atoms with Gasteiger partial charge in [-0.1, -0.05) is 30.3 Å². The second-order valence-electron chi connectivity index (χ2n) is 5.79. The van der Waals surface area contributed by atoms with E-state index in [1.165, 1.54) is 6.08 Å². The molecule has 3 amide bonds. The highest BCUT2D eigenvalue weighted by Gasteiger charge is 2.08. The van der Waals surface area contributed by atoms with Crippen LogP contribution in [0.3, 0.4) is 0 Å². The van der Waals surface area contributed by atoms with Crippen LogP contribution in [0.15, 0.2) is 60.7 Å². The molecule has 7 nitrogen and oxygen atoms in total. The third-order valence-electron chi connectivity index (χ3n) is 3.58. The van der Waals surface area contributed by atoms with Crippen LogP contribution in [0.5, 0.6) is 5.75 Å². The third-order valence-corrected chi connectivity index (χ3v) is 3.58. The van der Waals surface area contributed by atoms with Crippen LogP contribution in [-0.4, -0.2) is 24.3 Å². The number of benzene rings is 2. The summed E-state index contributed by atoms with van der Waals surface area (Å²) in [5.74, 6) is -0.495. The summed E-state index contributed by atoms with van der Waals surface area (Å²) in [6, 6.07) is 16.3. The van der Waals surface area contributed by atoms with Crippen LogP contribution in [-0.2, 0) is 14.4 Å². The summed E-state index contributed by atoms with van der Waals surface area (Å²) in [6.45, 7) is 2.46. The largest absolute Gasteiger partial charge is 0.494 e. The van der Waals surface area contributed by atoms with E-state index in [1.807, 2.05) is 37.3 Å². The lowest BCUT2D eigenvalue weighted by molar-refractivity contribution is -0.128. The molecule has 0 aromatic heterocycles. The summed E-state index contributed by atoms with van der Waals surface area (Å²) in [4.78, 5) is 35.3. The molecule has 146 valence electrons. The maximum Gasteiger partial charge on any atom is 0.262 e. The molecule has 0 spiro atoms. The van der Waals surface area contributed by atoms with Crippen LogP contribution in [0.2, 0.25) is 0 Å². The lowest BCUT2D eigenvalue weighted by Gasteiger charge is -2.08. The van der Waals surface area contributed by atoms with Gasteiger partial charge in [0.1, 0.15) is 5.75 Å². The normalized spacial score (nSPS) is 10.3. The zero-order chi connectivity index (χ0) is 20.2. The van der Waals surface area contributed by atoms with Gasteiger partial charge in [-0.3, -0.25) is 25.2 Å². The Bertz CT molecular complexity index is 817. The lowest BCUT2D eigenvalue weighted by atomic mass is 10.2. The Kier molecular flexibility index (Phi) is 8.26. The van der Waals surface area contributed by atoms with Gasteiger partial charge in [0.2, 0.25) is 11.8 Å². The van der Waals surface area contributed by atoms with E-state index < -0.39 is 11.8 Å². The van der Waals surface area contributed by atoms with Crippen LogP contribution in [0.1, 0.15) is 25.3 Å². The maximum absolute atomic E-state index is 11.9. The molecule has 7 heteroatoms. The number of carbonyl (C=O) groups is 3. The molecule has 0 aliphatic rings. The van der Waals surface area contributed by atoms with Gasteiger partial charge < -0.3 is 10.1 Å². The summed E-state index contributed by atoms with van der Waals surface area (Å²) >= 11 is 0. The van der Waals surface area contributed by atoms with Crippen molar-refractivity contribution in [1.29, 1.82) is 0 Å². The van der Waals surface area contributed by atoms with E-state index in [9.17, 15) is 14.4 Å². The van der Waals surface area contributed by atoms with Crippen LogP contribution >= 0.6 is 0 Å². The minimum atomic E-state index is -0.462. The Balaban J connectivity index is 1.66. The van der Waals surface area contributed by atoms with Crippen molar-refractivity contribution in [2.24, 2.45) is 0 Å². The molecule has 3 N–H and O–H groups in total. The van der Waals surface area contributed by atoms with Crippen LogP contribution in [0, 0.1) is 0 Å². The van der Waals surface area contributed by atoms with Gasteiger partial charge in [0.15, 0.2) is 0 Å². The molecule has 0 bridgehead atoms. The minimum Gasteiger partial charge on any atom is -0.494 e. The molecule has 0 heterocycles. The second kappa shape index (κ2) is 11.2. The minimum absolute atomic E-state index is 0.00519. The smallest absolute Gasteiger partial charge is 0.262 e. The van der Waals surface area contributed by atoms with Gasteiger partial charge in [0.25, 0.3) is 5.91 Å². The van der Waals surface area contributed by atoms with Crippen molar-refractivity contribution in [2.45, 2.75) is 19.8 Å². The van der Waals surface area contributed by atoms with Gasteiger partial charge in [-0.15, -0.1) is 0 Å². The third kappa shape index (κ3) is 7.74. The first-order valence-corrected chi connectivity index (χ1v) is 8.91. The number of hydrogen-bond acceptors (Lipinski definition) is 4. The summed E-state index contributed by atoms with van der Waals surface area (Å²) < 4.78 is 5.33. The summed E-state index contributed by atoms with van der Waals surface area (Å²) in [6.07, 6.45) is 2.89. The average Bonchev–Trinajstić information content (AvgIpc) is 2.71. The SMILES string of the molecule is CCOc1ccc(NC(=O)CCC(=O)NNC(=O)C=Cc2ccccc2)cc1. The molecule has 28 heavy (non-hydrogen) atoms. The lowest BCUT2D eigenvalue weighted by Crippen LogP contribution is -2.41. The number of rotatable bonds is 8. The van der Waals surface area contributed by atoms with Gasteiger partial charge in [-0.05, 0) is 42.8 Å². The zero-order valence-electron chi connectivity index (χ0n) is 15.6. The van der Waals surface area contributed by atoms with Crippen molar-refractivity contribution in [1.82, 2.24) is 10.9 Å². The number of carbonyl (C=O) groups excluding carboxylic acids is 3. The first kappa shape index (κ1) is 20.7. The van der Waals surface area contributed by atoms with Crippen molar-refractivity contribution in [2.75, 3.05) is 11.9 Å². The van der Waals surface area contributed by atoms with E-state index in [0.717, 1.165) is 11.3 Å². The summed E-state index contributed by atoms with van der Waals surface area (Å²) in [5, 5.41) is 2.70.